The average molecular weight is 248 g/mol. The van der Waals surface area contributed by atoms with Crippen LogP contribution < -0.4 is 0 Å². The van der Waals surface area contributed by atoms with E-state index < -0.39 is 9.05 Å². The van der Waals surface area contributed by atoms with Gasteiger partial charge in [-0.05, 0) is 19.3 Å². The number of hydrogen-bond donors (Lipinski definition) is 1. The van der Waals surface area contributed by atoms with Crippen molar-refractivity contribution in [1.29, 1.82) is 0 Å². The van der Waals surface area contributed by atoms with E-state index >= 15 is 0 Å². The summed E-state index contributed by atoms with van der Waals surface area (Å²) >= 11 is 0. The Morgan fingerprint density at radius 3 is 2.00 bits per heavy atom. The third-order valence-corrected chi connectivity index (χ3v) is 3.68. The van der Waals surface area contributed by atoms with Crippen molar-refractivity contribution in [2.45, 2.75) is 46.1 Å². The van der Waals surface area contributed by atoms with Gasteiger partial charge in [0.2, 0.25) is 0 Å². The van der Waals surface area contributed by atoms with Crippen molar-refractivity contribution < 1.29 is 18.1 Å². The highest BCUT2D eigenvalue weighted by Gasteiger charge is 2.42. The van der Waals surface area contributed by atoms with Crippen molar-refractivity contribution in [2.24, 2.45) is 0 Å². The summed E-state index contributed by atoms with van der Waals surface area (Å²) in [5.74, 6) is 0. The molecule has 0 aromatic heterocycles. The first-order valence-electron chi connectivity index (χ1n) is 5.92. The molecule has 0 saturated carbocycles. The van der Waals surface area contributed by atoms with Crippen molar-refractivity contribution in [1.82, 2.24) is 0 Å². The molecule has 0 bridgehead atoms. The number of rotatable bonds is 10. The second-order valence-electron chi connectivity index (χ2n) is 3.52. The van der Waals surface area contributed by atoms with E-state index in [0.717, 1.165) is 19.3 Å². The molecule has 0 spiro atoms. The van der Waals surface area contributed by atoms with E-state index in [1.807, 2.05) is 20.8 Å². The summed E-state index contributed by atoms with van der Waals surface area (Å²) in [6.45, 7) is 10.4. The van der Waals surface area contributed by atoms with Gasteiger partial charge in [0.15, 0.2) is 0 Å². The Morgan fingerprint density at radius 2 is 1.69 bits per heavy atom. The molecular weight excluding hydrogens is 224 g/mol. The second kappa shape index (κ2) is 8.89. The van der Waals surface area contributed by atoms with Crippen molar-refractivity contribution in [3.8, 4) is 0 Å². The minimum Gasteiger partial charge on any atom is -0.367 e. The first-order chi connectivity index (χ1) is 7.61. The lowest BCUT2D eigenvalue weighted by Gasteiger charge is -2.26. The largest absolute Gasteiger partial charge is 0.677 e. The second-order valence-corrected chi connectivity index (χ2v) is 5.38. The van der Waals surface area contributed by atoms with Crippen molar-refractivity contribution >= 4 is 9.05 Å². The van der Waals surface area contributed by atoms with Gasteiger partial charge in [0, 0.05) is 13.2 Å². The van der Waals surface area contributed by atoms with Crippen LogP contribution in [0.25, 0.3) is 0 Å². The molecule has 0 aromatic carbocycles. The lowest BCUT2D eigenvalue weighted by atomic mass is 10.3. The molecular formula is C11H24O4Si. The van der Waals surface area contributed by atoms with Gasteiger partial charge in [-0.2, -0.15) is 0 Å². The summed E-state index contributed by atoms with van der Waals surface area (Å²) in [4.78, 5) is 10.1. The molecule has 1 atom stereocenters. The summed E-state index contributed by atoms with van der Waals surface area (Å²) in [6.07, 6.45) is 3.81. The molecule has 0 aliphatic rings. The molecule has 0 aromatic rings. The summed E-state index contributed by atoms with van der Waals surface area (Å²) in [5, 5.41) is 0. The predicted octanol–water partition coefficient (Wildman–Crippen LogP) is 2.25. The van der Waals surface area contributed by atoms with Gasteiger partial charge in [0.1, 0.15) is 0 Å². The standard InChI is InChI=1S/C11H24O4Si/c1-5-9-13-16(12,14-10-6-2)15-11(7-3)8-4/h7,11-12H,3,5-6,8-10H2,1-2,4H3. The zero-order chi connectivity index (χ0) is 12.4. The zero-order valence-corrected chi connectivity index (χ0v) is 11.6. The molecule has 96 valence electrons. The molecule has 0 saturated heterocycles. The minimum atomic E-state index is -3.47. The van der Waals surface area contributed by atoms with Gasteiger partial charge in [-0.25, -0.2) is 0 Å². The van der Waals surface area contributed by atoms with Crippen LogP contribution in [0.5, 0.6) is 0 Å². The van der Waals surface area contributed by atoms with E-state index in [1.165, 1.54) is 0 Å². The Bertz CT molecular complexity index is 179. The van der Waals surface area contributed by atoms with Gasteiger partial charge in [-0.1, -0.05) is 26.8 Å². The van der Waals surface area contributed by atoms with Crippen molar-refractivity contribution in [2.75, 3.05) is 13.2 Å². The third kappa shape index (κ3) is 6.39. The number of hydrogen-bond acceptors (Lipinski definition) is 4. The van der Waals surface area contributed by atoms with Crippen LogP contribution in [0.3, 0.4) is 0 Å². The van der Waals surface area contributed by atoms with E-state index in [2.05, 4.69) is 6.58 Å². The van der Waals surface area contributed by atoms with E-state index in [-0.39, 0.29) is 6.10 Å². The molecule has 0 rings (SSSR count). The van der Waals surface area contributed by atoms with Gasteiger partial charge < -0.3 is 18.1 Å². The molecule has 0 amide bonds. The first kappa shape index (κ1) is 15.8. The predicted molar refractivity (Wildman–Crippen MR) is 65.8 cm³/mol. The third-order valence-electron chi connectivity index (χ3n) is 1.94. The zero-order valence-electron chi connectivity index (χ0n) is 10.6. The Labute approximate surface area is 99.7 Å². The maximum absolute atomic E-state index is 10.1. The molecule has 1 unspecified atom stereocenters. The Hall–Kier alpha value is -0.203. The SMILES string of the molecule is C=CC(CC)O[Si](O)(OCCC)OCCC. The van der Waals surface area contributed by atoms with Crippen molar-refractivity contribution in [3.05, 3.63) is 12.7 Å². The first-order valence-corrected chi connectivity index (χ1v) is 7.59. The molecule has 0 aliphatic carbocycles. The maximum atomic E-state index is 10.1. The Balaban J connectivity index is 4.31. The van der Waals surface area contributed by atoms with Crippen LogP contribution in [-0.4, -0.2) is 33.2 Å². The fourth-order valence-electron chi connectivity index (χ4n) is 1.06. The molecule has 0 aliphatic heterocycles. The summed E-state index contributed by atoms with van der Waals surface area (Å²) in [7, 11) is -3.47. The van der Waals surface area contributed by atoms with Crippen LogP contribution in [0, 0.1) is 0 Å². The van der Waals surface area contributed by atoms with Crippen LogP contribution in [0.15, 0.2) is 12.7 Å². The smallest absolute Gasteiger partial charge is 0.367 e. The monoisotopic (exact) mass is 248 g/mol. The average Bonchev–Trinajstić information content (AvgIpc) is 2.31. The Morgan fingerprint density at radius 1 is 1.19 bits per heavy atom. The maximum Gasteiger partial charge on any atom is 0.677 e. The summed E-state index contributed by atoms with van der Waals surface area (Å²) in [6, 6.07) is 0. The van der Waals surface area contributed by atoms with Gasteiger partial charge in [0.05, 0.1) is 6.10 Å². The fourth-order valence-corrected chi connectivity index (χ4v) is 2.85. The lowest BCUT2D eigenvalue weighted by molar-refractivity contribution is -0.0230. The van der Waals surface area contributed by atoms with E-state index in [0.29, 0.717) is 13.2 Å². The highest BCUT2D eigenvalue weighted by atomic mass is 28.4. The van der Waals surface area contributed by atoms with Crippen LogP contribution in [-0.2, 0) is 13.3 Å². The van der Waals surface area contributed by atoms with Crippen LogP contribution in [0.1, 0.15) is 40.0 Å². The summed E-state index contributed by atoms with van der Waals surface area (Å²) in [5.41, 5.74) is 0. The molecule has 0 fully saturated rings. The van der Waals surface area contributed by atoms with Gasteiger partial charge in [0.25, 0.3) is 0 Å². The van der Waals surface area contributed by atoms with Crippen LogP contribution in [0.4, 0.5) is 0 Å². The van der Waals surface area contributed by atoms with Crippen LogP contribution in [0.2, 0.25) is 0 Å². The molecule has 5 heteroatoms. The fraction of sp³-hybridized carbons (Fsp3) is 0.818. The quantitative estimate of drug-likeness (QED) is 0.476. The topological polar surface area (TPSA) is 47.9 Å². The van der Waals surface area contributed by atoms with Gasteiger partial charge in [-0.3, -0.25) is 0 Å². The van der Waals surface area contributed by atoms with E-state index in [9.17, 15) is 4.80 Å². The summed E-state index contributed by atoms with van der Waals surface area (Å²) < 4.78 is 16.1. The molecule has 0 radical (unpaired) electrons. The van der Waals surface area contributed by atoms with E-state index in [1.54, 1.807) is 6.08 Å². The van der Waals surface area contributed by atoms with Crippen molar-refractivity contribution in [3.63, 3.8) is 0 Å². The normalized spacial score (nSPS) is 13.8. The highest BCUT2D eigenvalue weighted by molar-refractivity contribution is 6.52. The van der Waals surface area contributed by atoms with Gasteiger partial charge >= 0.3 is 9.05 Å². The molecule has 0 heterocycles. The molecule has 16 heavy (non-hydrogen) atoms. The molecule has 1 N–H and O–H groups in total. The highest BCUT2D eigenvalue weighted by Crippen LogP contribution is 2.13. The van der Waals surface area contributed by atoms with E-state index in [4.69, 9.17) is 13.3 Å². The minimum absolute atomic E-state index is 0.217. The Kier molecular flexibility index (Phi) is 8.78. The molecule has 4 nitrogen and oxygen atoms in total. The lowest BCUT2D eigenvalue weighted by Crippen LogP contribution is -2.48. The van der Waals surface area contributed by atoms with Gasteiger partial charge in [-0.15, -0.1) is 6.58 Å². The van der Waals surface area contributed by atoms with Crippen LogP contribution >= 0.6 is 0 Å².